The van der Waals surface area contributed by atoms with Crippen LogP contribution in [0.15, 0.2) is 24.3 Å². The third kappa shape index (κ3) is 5.07. The van der Waals surface area contributed by atoms with E-state index in [1.165, 1.54) is 0 Å². The van der Waals surface area contributed by atoms with Crippen LogP contribution in [-0.4, -0.2) is 24.2 Å². The van der Waals surface area contributed by atoms with Gasteiger partial charge in [-0.05, 0) is 31.0 Å². The Labute approximate surface area is 111 Å². The molecule has 0 bridgehead atoms. The molecule has 0 unspecified atom stereocenters. The second kappa shape index (κ2) is 7.57. The number of anilines is 1. The summed E-state index contributed by atoms with van der Waals surface area (Å²) in [6.07, 6.45) is 2.05. The van der Waals surface area contributed by atoms with Crippen molar-refractivity contribution in [2.45, 2.75) is 19.3 Å². The Hall–Kier alpha value is -1.73. The molecule has 1 aromatic rings. The molecule has 4 nitrogen and oxygen atoms in total. The van der Waals surface area contributed by atoms with Crippen molar-refractivity contribution < 1.29 is 9.90 Å². The molecule has 0 saturated carbocycles. The molecule has 0 amide bonds. The number of halogens is 1. The van der Waals surface area contributed by atoms with Crippen LogP contribution < -0.4 is 4.90 Å². The lowest BCUT2D eigenvalue weighted by Gasteiger charge is -2.22. The molecule has 18 heavy (non-hydrogen) atoms. The van der Waals surface area contributed by atoms with Crippen LogP contribution >= 0.6 is 11.6 Å². The Morgan fingerprint density at radius 2 is 2.22 bits per heavy atom. The van der Waals surface area contributed by atoms with E-state index in [-0.39, 0.29) is 6.54 Å². The number of carboxylic acids is 1. The fourth-order valence-electron chi connectivity index (χ4n) is 1.64. The molecule has 0 aliphatic rings. The molecule has 1 rings (SSSR count). The largest absolute Gasteiger partial charge is 0.480 e. The second-order valence-electron chi connectivity index (χ2n) is 3.91. The van der Waals surface area contributed by atoms with E-state index in [0.29, 0.717) is 18.0 Å². The average Bonchev–Trinajstić information content (AvgIpc) is 2.32. The average molecular weight is 267 g/mol. The van der Waals surface area contributed by atoms with Gasteiger partial charge in [0.1, 0.15) is 6.54 Å². The number of benzene rings is 1. The van der Waals surface area contributed by atoms with E-state index in [1.807, 2.05) is 6.07 Å². The van der Waals surface area contributed by atoms with Crippen LogP contribution in [0.3, 0.4) is 0 Å². The Kier molecular flexibility index (Phi) is 6.03. The zero-order chi connectivity index (χ0) is 13.4. The van der Waals surface area contributed by atoms with Gasteiger partial charge in [-0.15, -0.1) is 0 Å². The van der Waals surface area contributed by atoms with Crippen molar-refractivity contribution in [3.63, 3.8) is 0 Å². The van der Waals surface area contributed by atoms with Gasteiger partial charge in [0, 0.05) is 23.7 Å². The van der Waals surface area contributed by atoms with Gasteiger partial charge in [0.25, 0.3) is 0 Å². The number of hydrogen-bond acceptors (Lipinski definition) is 3. The Morgan fingerprint density at radius 3 is 2.83 bits per heavy atom. The maximum absolute atomic E-state index is 10.8. The molecule has 0 saturated heterocycles. The molecular weight excluding hydrogens is 252 g/mol. The van der Waals surface area contributed by atoms with Gasteiger partial charge in [-0.25, -0.2) is 0 Å². The highest BCUT2D eigenvalue weighted by Crippen LogP contribution is 2.19. The summed E-state index contributed by atoms with van der Waals surface area (Å²) in [4.78, 5) is 12.6. The predicted molar refractivity (Wildman–Crippen MR) is 70.8 cm³/mol. The number of hydrogen-bond donors (Lipinski definition) is 1. The molecule has 0 spiro atoms. The third-order valence-electron chi connectivity index (χ3n) is 2.47. The van der Waals surface area contributed by atoms with E-state index in [9.17, 15) is 4.79 Å². The van der Waals surface area contributed by atoms with Crippen LogP contribution in [0, 0.1) is 11.3 Å². The normalized spacial score (nSPS) is 9.78. The highest BCUT2D eigenvalue weighted by molar-refractivity contribution is 6.30. The fourth-order valence-corrected chi connectivity index (χ4v) is 1.83. The van der Waals surface area contributed by atoms with Gasteiger partial charge < -0.3 is 10.0 Å². The van der Waals surface area contributed by atoms with E-state index in [2.05, 4.69) is 6.07 Å². The summed E-state index contributed by atoms with van der Waals surface area (Å²) in [7, 11) is 0. The number of rotatable bonds is 7. The molecule has 0 radical (unpaired) electrons. The number of aliphatic carboxylic acids is 1. The molecule has 0 fully saturated rings. The van der Waals surface area contributed by atoms with Crippen LogP contribution in [0.2, 0.25) is 5.02 Å². The Bertz CT molecular complexity index is 443. The minimum absolute atomic E-state index is 0.0626. The van der Waals surface area contributed by atoms with Crippen molar-refractivity contribution >= 4 is 23.3 Å². The maximum atomic E-state index is 10.8. The summed E-state index contributed by atoms with van der Waals surface area (Å²) < 4.78 is 0. The first-order valence-corrected chi connectivity index (χ1v) is 6.10. The van der Waals surface area contributed by atoms with Crippen molar-refractivity contribution in [3.8, 4) is 6.07 Å². The zero-order valence-corrected chi connectivity index (χ0v) is 10.7. The van der Waals surface area contributed by atoms with E-state index in [1.54, 1.807) is 23.1 Å². The van der Waals surface area contributed by atoms with Crippen molar-refractivity contribution in [3.05, 3.63) is 29.3 Å². The van der Waals surface area contributed by atoms with Gasteiger partial charge in [-0.1, -0.05) is 17.7 Å². The first kappa shape index (κ1) is 14.3. The van der Waals surface area contributed by atoms with Gasteiger partial charge in [0.05, 0.1) is 6.07 Å². The molecular formula is C13H15ClN2O2. The lowest BCUT2D eigenvalue weighted by atomic mass is 10.2. The van der Waals surface area contributed by atoms with E-state index >= 15 is 0 Å². The summed E-state index contributed by atoms with van der Waals surface area (Å²) in [5.74, 6) is -0.879. The molecule has 0 aliphatic heterocycles. The van der Waals surface area contributed by atoms with E-state index in [0.717, 1.165) is 18.5 Å². The van der Waals surface area contributed by atoms with Gasteiger partial charge in [0.2, 0.25) is 0 Å². The molecule has 0 heterocycles. The van der Waals surface area contributed by atoms with Crippen LogP contribution in [0.25, 0.3) is 0 Å². The lowest BCUT2D eigenvalue weighted by molar-refractivity contribution is -0.135. The molecule has 96 valence electrons. The quantitative estimate of drug-likeness (QED) is 0.771. The summed E-state index contributed by atoms with van der Waals surface area (Å²) in [5.41, 5.74) is 0.793. The lowest BCUT2D eigenvalue weighted by Crippen LogP contribution is -2.30. The summed E-state index contributed by atoms with van der Waals surface area (Å²) >= 11 is 5.89. The smallest absolute Gasteiger partial charge is 0.323 e. The van der Waals surface area contributed by atoms with E-state index in [4.69, 9.17) is 22.0 Å². The SMILES string of the molecule is N#CCCCCN(CC(=O)O)c1cccc(Cl)c1. The molecule has 5 heteroatoms. The zero-order valence-electron chi connectivity index (χ0n) is 9.97. The monoisotopic (exact) mass is 266 g/mol. The van der Waals surface area contributed by atoms with Crippen molar-refractivity contribution in [1.29, 1.82) is 5.26 Å². The van der Waals surface area contributed by atoms with Crippen molar-refractivity contribution in [2.75, 3.05) is 18.0 Å². The number of unbranched alkanes of at least 4 members (excludes halogenated alkanes) is 2. The minimum Gasteiger partial charge on any atom is -0.480 e. The van der Waals surface area contributed by atoms with E-state index < -0.39 is 5.97 Å². The first-order valence-electron chi connectivity index (χ1n) is 5.72. The summed E-state index contributed by atoms with van der Waals surface area (Å²) in [6.45, 7) is 0.543. The van der Waals surface area contributed by atoms with Crippen LogP contribution in [0.1, 0.15) is 19.3 Å². The van der Waals surface area contributed by atoms with Crippen LogP contribution in [0.5, 0.6) is 0 Å². The summed E-state index contributed by atoms with van der Waals surface area (Å²) in [6, 6.07) is 9.20. The van der Waals surface area contributed by atoms with Crippen LogP contribution in [0.4, 0.5) is 5.69 Å². The Morgan fingerprint density at radius 1 is 1.44 bits per heavy atom. The predicted octanol–water partition coefficient (Wildman–Crippen LogP) is 2.92. The highest BCUT2D eigenvalue weighted by atomic mass is 35.5. The molecule has 1 N–H and O–H groups in total. The van der Waals surface area contributed by atoms with Gasteiger partial charge in [0.15, 0.2) is 0 Å². The van der Waals surface area contributed by atoms with Crippen molar-refractivity contribution in [2.24, 2.45) is 0 Å². The number of carbonyl (C=O) groups is 1. The molecule has 0 aromatic heterocycles. The van der Waals surface area contributed by atoms with Gasteiger partial charge in [-0.3, -0.25) is 4.79 Å². The number of nitriles is 1. The molecule has 0 aliphatic carbocycles. The second-order valence-corrected chi connectivity index (χ2v) is 4.35. The molecule has 1 aromatic carbocycles. The third-order valence-corrected chi connectivity index (χ3v) is 2.70. The number of nitrogens with zero attached hydrogens (tertiary/aromatic N) is 2. The number of carboxylic acid groups (broad SMARTS) is 1. The minimum atomic E-state index is -0.879. The standard InChI is InChI=1S/C13H15ClN2O2/c14-11-5-4-6-12(9-11)16(10-13(17)18)8-3-1-2-7-15/h4-6,9H,1-3,8,10H2,(H,17,18). The van der Waals surface area contributed by atoms with Crippen molar-refractivity contribution in [1.82, 2.24) is 0 Å². The van der Waals surface area contributed by atoms with Gasteiger partial charge in [-0.2, -0.15) is 5.26 Å². The maximum Gasteiger partial charge on any atom is 0.323 e. The van der Waals surface area contributed by atoms with Gasteiger partial charge >= 0.3 is 5.97 Å². The topological polar surface area (TPSA) is 64.3 Å². The van der Waals surface area contributed by atoms with Crippen LogP contribution in [-0.2, 0) is 4.79 Å². The summed E-state index contributed by atoms with van der Waals surface area (Å²) in [5, 5.41) is 17.9. The first-order chi connectivity index (χ1) is 8.63. The Balaban J connectivity index is 2.66. The fraction of sp³-hybridized carbons (Fsp3) is 0.385. The molecule has 0 atom stereocenters. The highest BCUT2D eigenvalue weighted by Gasteiger charge is 2.10.